The molecule has 1 amide bonds. The van der Waals surface area contributed by atoms with Gasteiger partial charge in [-0.25, -0.2) is 5.48 Å². The van der Waals surface area contributed by atoms with Crippen molar-refractivity contribution in [2.24, 2.45) is 0 Å². The Morgan fingerprint density at radius 1 is 1.10 bits per heavy atom. The number of hydroxylamine groups is 1. The van der Waals surface area contributed by atoms with Gasteiger partial charge in [-0.05, 0) is 29.3 Å². The molecule has 0 aliphatic carbocycles. The van der Waals surface area contributed by atoms with Gasteiger partial charge < -0.3 is 0 Å². The van der Waals surface area contributed by atoms with Gasteiger partial charge in [-0.15, -0.1) is 0 Å². The summed E-state index contributed by atoms with van der Waals surface area (Å²) in [5.41, 5.74) is 4.10. The fourth-order valence-corrected chi connectivity index (χ4v) is 1.89. The Labute approximate surface area is 133 Å². The third kappa shape index (κ3) is 5.23. The average Bonchev–Trinajstić information content (AvgIpc) is 2.49. The van der Waals surface area contributed by atoms with Crippen LogP contribution in [0.5, 0.6) is 0 Å². The first-order chi connectivity index (χ1) is 10.1. The second-order valence-electron chi connectivity index (χ2n) is 4.25. The summed E-state index contributed by atoms with van der Waals surface area (Å²) >= 11 is 11.7. The molecular weight excluding hydrogens is 309 g/mol. The lowest BCUT2D eigenvalue weighted by Crippen LogP contribution is -2.21. The van der Waals surface area contributed by atoms with Crippen molar-refractivity contribution >= 4 is 35.2 Å². The van der Waals surface area contributed by atoms with Gasteiger partial charge in [-0.2, -0.15) is 0 Å². The summed E-state index contributed by atoms with van der Waals surface area (Å²) in [4.78, 5) is 16.7. The first-order valence-corrected chi connectivity index (χ1v) is 6.99. The van der Waals surface area contributed by atoms with Crippen LogP contribution in [0.15, 0.2) is 54.6 Å². The second-order valence-corrected chi connectivity index (χ2v) is 5.06. The Morgan fingerprint density at radius 3 is 2.57 bits per heavy atom. The van der Waals surface area contributed by atoms with E-state index in [1.807, 2.05) is 30.3 Å². The van der Waals surface area contributed by atoms with E-state index in [9.17, 15) is 4.79 Å². The van der Waals surface area contributed by atoms with E-state index in [0.717, 1.165) is 11.1 Å². The number of halogens is 2. The lowest BCUT2D eigenvalue weighted by Gasteiger charge is -2.03. The molecule has 3 nitrogen and oxygen atoms in total. The Hall–Kier alpha value is -1.81. The predicted octanol–water partition coefficient (Wildman–Crippen LogP) is 4.25. The lowest BCUT2D eigenvalue weighted by atomic mass is 10.2. The van der Waals surface area contributed by atoms with E-state index in [1.54, 1.807) is 24.3 Å². The smallest absolute Gasteiger partial charge is 0.267 e. The zero-order valence-corrected chi connectivity index (χ0v) is 12.6. The highest BCUT2D eigenvalue weighted by Gasteiger charge is 1.99. The molecule has 2 aromatic rings. The fraction of sp³-hybridized carbons (Fsp3) is 0.0625. The molecule has 2 rings (SSSR count). The van der Waals surface area contributed by atoms with Crippen LogP contribution in [0.3, 0.4) is 0 Å². The molecule has 0 saturated carbocycles. The van der Waals surface area contributed by atoms with Crippen molar-refractivity contribution in [3.05, 3.63) is 75.8 Å². The van der Waals surface area contributed by atoms with Crippen molar-refractivity contribution in [2.75, 3.05) is 0 Å². The molecule has 0 aliphatic heterocycles. The van der Waals surface area contributed by atoms with E-state index in [4.69, 9.17) is 28.0 Å². The normalized spacial score (nSPS) is 10.8. The molecule has 21 heavy (non-hydrogen) atoms. The first-order valence-electron chi connectivity index (χ1n) is 6.24. The summed E-state index contributed by atoms with van der Waals surface area (Å²) in [6.07, 6.45) is 2.99. The van der Waals surface area contributed by atoms with Crippen LogP contribution in [0.4, 0.5) is 0 Å². The van der Waals surface area contributed by atoms with Gasteiger partial charge in [0.05, 0.1) is 16.7 Å². The molecule has 5 heteroatoms. The Morgan fingerprint density at radius 2 is 1.86 bits per heavy atom. The minimum absolute atomic E-state index is 0.313. The fourth-order valence-electron chi connectivity index (χ4n) is 1.59. The van der Waals surface area contributed by atoms with Crippen LogP contribution in [0, 0.1) is 0 Å². The van der Waals surface area contributed by atoms with Crippen molar-refractivity contribution in [1.82, 2.24) is 5.48 Å². The summed E-state index contributed by atoms with van der Waals surface area (Å²) < 4.78 is 0. The van der Waals surface area contributed by atoms with Crippen LogP contribution >= 0.6 is 23.2 Å². The van der Waals surface area contributed by atoms with Crippen LogP contribution in [-0.4, -0.2) is 5.91 Å². The van der Waals surface area contributed by atoms with E-state index in [1.165, 1.54) is 6.08 Å². The standard InChI is InChI=1S/C16H13Cl2NO2/c17-14-8-6-12(10-15(14)18)7-9-16(20)19-21-11-13-4-2-1-3-5-13/h1-10H,11H2,(H,19,20)/b9-7+. The highest BCUT2D eigenvalue weighted by molar-refractivity contribution is 6.42. The number of benzene rings is 2. The van der Waals surface area contributed by atoms with Gasteiger partial charge in [0.15, 0.2) is 0 Å². The summed E-state index contributed by atoms with van der Waals surface area (Å²) in [5.74, 6) is -0.350. The average molecular weight is 322 g/mol. The maximum absolute atomic E-state index is 11.6. The van der Waals surface area contributed by atoms with Crippen LogP contribution in [0.25, 0.3) is 6.08 Å². The molecule has 1 N–H and O–H groups in total. The third-order valence-electron chi connectivity index (χ3n) is 2.63. The minimum Gasteiger partial charge on any atom is -0.269 e. The van der Waals surface area contributed by atoms with Gasteiger partial charge in [0.1, 0.15) is 0 Å². The van der Waals surface area contributed by atoms with Gasteiger partial charge >= 0.3 is 0 Å². The highest BCUT2D eigenvalue weighted by Crippen LogP contribution is 2.23. The van der Waals surface area contributed by atoms with E-state index < -0.39 is 0 Å². The molecule has 0 aliphatic rings. The largest absolute Gasteiger partial charge is 0.269 e. The molecule has 0 aromatic heterocycles. The predicted molar refractivity (Wildman–Crippen MR) is 84.9 cm³/mol. The van der Waals surface area contributed by atoms with Gasteiger partial charge in [-0.1, -0.05) is 59.6 Å². The molecule has 0 heterocycles. The second kappa shape index (κ2) is 7.84. The summed E-state index contributed by atoms with van der Waals surface area (Å²) in [6.45, 7) is 0.313. The van der Waals surface area contributed by atoms with Crippen molar-refractivity contribution in [3.8, 4) is 0 Å². The lowest BCUT2D eigenvalue weighted by molar-refractivity contribution is -0.129. The summed E-state index contributed by atoms with van der Waals surface area (Å²) in [6, 6.07) is 14.7. The van der Waals surface area contributed by atoms with Crippen molar-refractivity contribution < 1.29 is 9.63 Å². The van der Waals surface area contributed by atoms with E-state index >= 15 is 0 Å². The number of nitrogens with one attached hydrogen (secondary N) is 1. The molecule has 0 unspecified atom stereocenters. The molecule has 0 saturated heterocycles. The molecule has 0 radical (unpaired) electrons. The Kier molecular flexibility index (Phi) is 5.81. The molecule has 0 atom stereocenters. The van der Waals surface area contributed by atoms with Crippen LogP contribution in [0.1, 0.15) is 11.1 Å². The molecule has 0 bridgehead atoms. The molecule has 0 fully saturated rings. The zero-order valence-electron chi connectivity index (χ0n) is 11.1. The van der Waals surface area contributed by atoms with Crippen LogP contribution in [-0.2, 0) is 16.2 Å². The van der Waals surface area contributed by atoms with E-state index in [-0.39, 0.29) is 5.91 Å². The Bertz CT molecular complexity index is 642. The van der Waals surface area contributed by atoms with Crippen molar-refractivity contribution in [2.45, 2.75) is 6.61 Å². The van der Waals surface area contributed by atoms with Crippen molar-refractivity contribution in [3.63, 3.8) is 0 Å². The quantitative estimate of drug-likeness (QED) is 0.660. The number of rotatable bonds is 5. The maximum atomic E-state index is 11.6. The number of carbonyl (C=O) groups is 1. The van der Waals surface area contributed by atoms with Crippen LogP contribution in [0.2, 0.25) is 10.0 Å². The van der Waals surface area contributed by atoms with Gasteiger partial charge in [-0.3, -0.25) is 9.63 Å². The minimum atomic E-state index is -0.350. The third-order valence-corrected chi connectivity index (χ3v) is 3.36. The topological polar surface area (TPSA) is 38.3 Å². The molecule has 2 aromatic carbocycles. The number of amides is 1. The molecule has 0 spiro atoms. The molecular formula is C16H13Cl2NO2. The maximum Gasteiger partial charge on any atom is 0.267 e. The Balaban J connectivity index is 1.81. The zero-order chi connectivity index (χ0) is 15.1. The van der Waals surface area contributed by atoms with E-state index in [0.29, 0.717) is 16.7 Å². The highest BCUT2D eigenvalue weighted by atomic mass is 35.5. The summed E-state index contributed by atoms with van der Waals surface area (Å²) in [5, 5.41) is 0.920. The number of carbonyl (C=O) groups excluding carboxylic acids is 1. The van der Waals surface area contributed by atoms with Gasteiger partial charge in [0, 0.05) is 6.08 Å². The monoisotopic (exact) mass is 321 g/mol. The van der Waals surface area contributed by atoms with Crippen molar-refractivity contribution in [1.29, 1.82) is 0 Å². The number of hydrogen-bond acceptors (Lipinski definition) is 2. The van der Waals surface area contributed by atoms with E-state index in [2.05, 4.69) is 5.48 Å². The SMILES string of the molecule is O=C(/C=C/c1ccc(Cl)c(Cl)c1)NOCc1ccccc1. The number of hydrogen-bond donors (Lipinski definition) is 1. The summed E-state index contributed by atoms with van der Waals surface area (Å²) in [7, 11) is 0. The van der Waals surface area contributed by atoms with Gasteiger partial charge in [0.25, 0.3) is 5.91 Å². The molecule has 108 valence electrons. The van der Waals surface area contributed by atoms with Crippen LogP contribution < -0.4 is 5.48 Å². The van der Waals surface area contributed by atoms with Gasteiger partial charge in [0.2, 0.25) is 0 Å². The first kappa shape index (κ1) is 15.6.